The van der Waals surface area contributed by atoms with Crippen molar-refractivity contribution in [1.29, 1.82) is 0 Å². The summed E-state index contributed by atoms with van der Waals surface area (Å²) in [4.78, 5) is 20.3. The number of allylic oxidation sites excluding steroid dienone is 2. The van der Waals surface area contributed by atoms with Crippen molar-refractivity contribution in [2.24, 2.45) is 5.41 Å². The predicted molar refractivity (Wildman–Crippen MR) is 156 cm³/mol. The van der Waals surface area contributed by atoms with Crippen molar-refractivity contribution in [3.8, 4) is 11.4 Å². The van der Waals surface area contributed by atoms with Gasteiger partial charge in [0.05, 0.1) is 23.0 Å². The molecule has 212 valence electrons. The Kier molecular flexibility index (Phi) is 6.69. The van der Waals surface area contributed by atoms with Crippen LogP contribution in [0.25, 0.3) is 22.5 Å². The van der Waals surface area contributed by atoms with Crippen LogP contribution in [-0.4, -0.2) is 56.9 Å². The van der Waals surface area contributed by atoms with Crippen LogP contribution < -0.4 is 5.32 Å². The molecule has 0 aromatic carbocycles. The van der Waals surface area contributed by atoms with Gasteiger partial charge in [-0.15, -0.1) is 0 Å². The average Bonchev–Trinajstić information content (AvgIpc) is 3.56. The van der Waals surface area contributed by atoms with Crippen molar-refractivity contribution < 1.29 is 13.7 Å². The maximum Gasteiger partial charge on any atom is 0.259 e. The summed E-state index contributed by atoms with van der Waals surface area (Å²) in [5.74, 6) is 1.16. The summed E-state index contributed by atoms with van der Waals surface area (Å²) in [5.41, 5.74) is 6.99. The number of hydrogen-bond donors (Lipinski definition) is 1. The van der Waals surface area contributed by atoms with Crippen molar-refractivity contribution in [3.63, 3.8) is 0 Å². The lowest BCUT2D eigenvalue weighted by Gasteiger charge is -2.43. The molecule has 1 spiro atoms. The van der Waals surface area contributed by atoms with Gasteiger partial charge in [0, 0.05) is 36.6 Å². The van der Waals surface area contributed by atoms with E-state index in [-0.39, 0.29) is 12.6 Å². The molecule has 41 heavy (non-hydrogen) atoms. The van der Waals surface area contributed by atoms with E-state index in [1.807, 2.05) is 25.3 Å². The summed E-state index contributed by atoms with van der Waals surface area (Å²) >= 11 is 0. The van der Waals surface area contributed by atoms with Gasteiger partial charge in [0.25, 0.3) is 5.91 Å². The number of hydrogen-bond acceptors (Lipinski definition) is 6. The Hall–Kier alpha value is -3.85. The fraction of sp³-hybridized carbons (Fsp3) is 0.438. The minimum atomic E-state index is -0.263. The number of fused-ring (bicyclic) bond motifs is 1. The Balaban J connectivity index is 1.08. The number of halogens is 1. The van der Waals surface area contributed by atoms with Gasteiger partial charge in [-0.1, -0.05) is 11.2 Å². The Morgan fingerprint density at radius 2 is 2.00 bits per heavy atom. The van der Waals surface area contributed by atoms with Gasteiger partial charge in [-0.3, -0.25) is 9.78 Å². The van der Waals surface area contributed by atoms with Gasteiger partial charge in [0.1, 0.15) is 18.1 Å². The Bertz CT molecular complexity index is 1630. The minimum absolute atomic E-state index is 0.215. The molecule has 4 aromatic rings. The van der Waals surface area contributed by atoms with Crippen LogP contribution in [0.1, 0.15) is 78.1 Å². The molecule has 1 amide bonds. The lowest BCUT2D eigenvalue weighted by Crippen LogP contribution is -2.41. The van der Waals surface area contributed by atoms with Crippen molar-refractivity contribution in [2.45, 2.75) is 57.8 Å². The highest BCUT2D eigenvalue weighted by Gasteiger charge is 2.35. The number of pyridine rings is 2. The maximum atomic E-state index is 13.5. The second-order valence-corrected chi connectivity index (χ2v) is 12.0. The largest absolute Gasteiger partial charge is 0.360 e. The summed E-state index contributed by atoms with van der Waals surface area (Å²) in [6.07, 6.45) is 15.5. The van der Waals surface area contributed by atoms with Gasteiger partial charge in [-0.25, -0.2) is 8.91 Å². The number of amides is 1. The van der Waals surface area contributed by atoms with Crippen LogP contribution in [0, 0.1) is 12.3 Å². The predicted octanol–water partition coefficient (Wildman–Crippen LogP) is 6.44. The highest BCUT2D eigenvalue weighted by Crippen LogP contribution is 2.46. The molecule has 9 heteroatoms. The molecule has 8 nitrogen and oxygen atoms in total. The number of aryl methyl sites for hydroxylation is 1. The van der Waals surface area contributed by atoms with Crippen LogP contribution in [0.4, 0.5) is 10.1 Å². The second kappa shape index (κ2) is 10.5. The summed E-state index contributed by atoms with van der Waals surface area (Å²) < 4.78 is 20.0. The monoisotopic (exact) mass is 554 g/mol. The SMILES string of the molecule is Cc1cnc(-c2cc(C3CC3)on2)cc1NC(=O)c1cnn2ccc(C3=CCC4(CC3)CCN(CCF)CC4)cc12. The van der Waals surface area contributed by atoms with Gasteiger partial charge >= 0.3 is 0 Å². The summed E-state index contributed by atoms with van der Waals surface area (Å²) in [7, 11) is 0. The first-order chi connectivity index (χ1) is 20.0. The topological polar surface area (TPSA) is 88.6 Å². The number of nitrogens with zero attached hydrogens (tertiary/aromatic N) is 5. The standard InChI is InChI=1S/C32H35FN6O2/c1-21-19-34-27(28-18-30(41-37-28)23-2-3-23)17-26(21)36-31(40)25-20-35-39-12-6-24(16-29(25)39)22-4-7-32(8-5-22)9-13-38(14-10-32)15-11-33/h4,6,12,16-20,23H,2-3,5,7-11,13-15H2,1H3,(H,34,36,40). The number of piperidine rings is 1. The molecule has 3 aliphatic rings. The van der Waals surface area contributed by atoms with E-state index in [2.05, 4.69) is 43.7 Å². The number of likely N-dealkylation sites (tertiary alicyclic amines) is 1. The first-order valence-electron chi connectivity index (χ1n) is 14.7. The Labute approximate surface area is 238 Å². The smallest absolute Gasteiger partial charge is 0.259 e. The number of aromatic nitrogens is 4. The molecular weight excluding hydrogens is 519 g/mol. The van der Waals surface area contributed by atoms with Crippen LogP contribution in [0.5, 0.6) is 0 Å². The van der Waals surface area contributed by atoms with E-state index >= 15 is 0 Å². The third-order valence-corrected chi connectivity index (χ3v) is 9.28. The lowest BCUT2D eigenvalue weighted by atomic mass is 9.68. The molecule has 0 bridgehead atoms. The number of nitrogens with one attached hydrogen (secondary N) is 1. The van der Waals surface area contributed by atoms with Crippen LogP contribution >= 0.6 is 0 Å². The zero-order valence-corrected chi connectivity index (χ0v) is 23.4. The fourth-order valence-electron chi connectivity index (χ4n) is 6.34. The second-order valence-electron chi connectivity index (χ2n) is 12.0. The average molecular weight is 555 g/mol. The zero-order chi connectivity index (χ0) is 28.0. The van der Waals surface area contributed by atoms with E-state index in [0.717, 1.165) is 80.4 Å². The molecule has 1 saturated heterocycles. The van der Waals surface area contributed by atoms with E-state index in [4.69, 9.17) is 4.52 Å². The molecular formula is C32H35FN6O2. The van der Waals surface area contributed by atoms with E-state index in [0.29, 0.717) is 40.5 Å². The molecule has 2 fully saturated rings. The van der Waals surface area contributed by atoms with Crippen molar-refractivity contribution in [2.75, 3.05) is 31.6 Å². The van der Waals surface area contributed by atoms with Crippen molar-refractivity contribution >= 4 is 22.7 Å². The quantitative estimate of drug-likeness (QED) is 0.283. The molecule has 5 heterocycles. The first-order valence-corrected chi connectivity index (χ1v) is 14.7. The number of alkyl halides is 1. The van der Waals surface area contributed by atoms with Crippen LogP contribution in [-0.2, 0) is 0 Å². The lowest BCUT2D eigenvalue weighted by molar-refractivity contribution is 0.0912. The number of carbonyl (C=O) groups excluding carboxylic acids is 1. The van der Waals surface area contributed by atoms with E-state index in [9.17, 15) is 9.18 Å². The molecule has 1 saturated carbocycles. The molecule has 0 radical (unpaired) electrons. The van der Waals surface area contributed by atoms with Gasteiger partial charge in [0.15, 0.2) is 0 Å². The molecule has 1 aliphatic heterocycles. The van der Waals surface area contributed by atoms with Crippen molar-refractivity contribution in [3.05, 3.63) is 71.4 Å². The summed E-state index contributed by atoms with van der Waals surface area (Å²) in [6, 6.07) is 7.96. The molecule has 4 aromatic heterocycles. The Morgan fingerprint density at radius 1 is 1.15 bits per heavy atom. The number of anilines is 1. The van der Waals surface area contributed by atoms with Crippen LogP contribution in [0.2, 0.25) is 0 Å². The minimum Gasteiger partial charge on any atom is -0.360 e. The molecule has 7 rings (SSSR count). The van der Waals surface area contributed by atoms with E-state index in [1.54, 1.807) is 16.9 Å². The normalized spacial score (nSPS) is 19.0. The van der Waals surface area contributed by atoms with Gasteiger partial charge in [-0.05, 0) is 105 Å². The van der Waals surface area contributed by atoms with Crippen LogP contribution in [0.15, 0.2) is 53.5 Å². The van der Waals surface area contributed by atoms with E-state index in [1.165, 1.54) is 5.57 Å². The third-order valence-electron chi connectivity index (χ3n) is 9.28. The maximum absolute atomic E-state index is 13.5. The number of carbonyl (C=O) groups is 1. The molecule has 0 unspecified atom stereocenters. The molecule has 2 aliphatic carbocycles. The highest BCUT2D eigenvalue weighted by molar-refractivity contribution is 6.09. The first kappa shape index (κ1) is 26.1. The summed E-state index contributed by atoms with van der Waals surface area (Å²) in [6.45, 7) is 4.20. The molecule has 1 N–H and O–H groups in total. The zero-order valence-electron chi connectivity index (χ0n) is 23.4. The number of rotatable bonds is 7. The van der Waals surface area contributed by atoms with Gasteiger partial charge in [0.2, 0.25) is 0 Å². The molecule has 0 atom stereocenters. The highest BCUT2D eigenvalue weighted by atomic mass is 19.1. The fourth-order valence-corrected chi connectivity index (χ4v) is 6.34. The van der Waals surface area contributed by atoms with Crippen molar-refractivity contribution in [1.82, 2.24) is 24.7 Å². The van der Waals surface area contributed by atoms with Gasteiger partial charge in [-0.2, -0.15) is 5.10 Å². The third kappa shape index (κ3) is 5.19. The van der Waals surface area contributed by atoms with E-state index < -0.39 is 0 Å². The summed E-state index contributed by atoms with van der Waals surface area (Å²) in [5, 5.41) is 11.7. The van der Waals surface area contributed by atoms with Gasteiger partial charge < -0.3 is 14.7 Å². The van der Waals surface area contributed by atoms with Crippen LogP contribution in [0.3, 0.4) is 0 Å². The Morgan fingerprint density at radius 3 is 2.76 bits per heavy atom.